The number of carbonyl (C=O) groups is 2. The van der Waals surface area contributed by atoms with E-state index in [2.05, 4.69) is 15.5 Å². The van der Waals surface area contributed by atoms with Crippen molar-refractivity contribution in [3.63, 3.8) is 0 Å². The van der Waals surface area contributed by atoms with Gasteiger partial charge in [-0.05, 0) is 37.1 Å². The summed E-state index contributed by atoms with van der Waals surface area (Å²) in [5.74, 6) is -0.0770. The zero-order valence-electron chi connectivity index (χ0n) is 13.7. The Morgan fingerprint density at radius 3 is 2.52 bits per heavy atom. The van der Waals surface area contributed by atoms with Gasteiger partial charge >= 0.3 is 0 Å². The molecule has 1 aromatic heterocycles. The fourth-order valence-electron chi connectivity index (χ4n) is 3.59. The highest BCUT2D eigenvalue weighted by atomic mass is 16.2. The maximum absolute atomic E-state index is 12.6. The molecule has 126 valence electrons. The largest absolute Gasteiger partial charge is 0.339 e. The molecule has 2 aromatic rings. The van der Waals surface area contributed by atoms with Crippen molar-refractivity contribution in [1.29, 1.82) is 0 Å². The highest BCUT2D eigenvalue weighted by molar-refractivity contribution is 6.19. The lowest BCUT2D eigenvalue weighted by Crippen LogP contribution is -2.50. The summed E-state index contributed by atoms with van der Waals surface area (Å²) in [6.45, 7) is 1.06. The van der Waals surface area contributed by atoms with Crippen molar-refractivity contribution >= 4 is 17.5 Å². The van der Waals surface area contributed by atoms with E-state index in [-0.39, 0.29) is 11.8 Å². The first-order valence-electron chi connectivity index (χ1n) is 8.34. The van der Waals surface area contributed by atoms with Gasteiger partial charge in [-0.15, -0.1) is 0 Å². The van der Waals surface area contributed by atoms with E-state index in [1.165, 1.54) is 0 Å². The van der Waals surface area contributed by atoms with E-state index >= 15 is 0 Å². The molecule has 4 rings (SSSR count). The monoisotopic (exact) mass is 334 g/mol. The second-order valence-electron chi connectivity index (χ2n) is 6.38. The second kappa shape index (κ2) is 6.12. The Balaban J connectivity index is 1.55. The highest BCUT2D eigenvalue weighted by Gasteiger charge is 2.50. The van der Waals surface area contributed by atoms with Gasteiger partial charge in [-0.25, -0.2) is 5.43 Å². The van der Waals surface area contributed by atoms with Crippen LogP contribution in [-0.2, 0) is 4.79 Å². The molecule has 2 aliphatic heterocycles. The Morgan fingerprint density at radius 1 is 1.08 bits per heavy atom. The standard InChI is InChI=1S/C19H18N4O2/c24-17(14-5-2-1-3-6-14)23-11-8-19(9-12-23)16(21-22-18(19)25)15-7-4-10-20-13-15/h1-7,10,13H,8-9,11-12H2,(H,22,25). The molecular weight excluding hydrogens is 316 g/mol. The van der Waals surface area contributed by atoms with Crippen LogP contribution in [0.25, 0.3) is 0 Å². The maximum atomic E-state index is 12.6. The number of amides is 2. The molecule has 3 heterocycles. The lowest BCUT2D eigenvalue weighted by atomic mass is 9.72. The number of hydrazone groups is 1. The van der Waals surface area contributed by atoms with E-state index in [9.17, 15) is 9.59 Å². The predicted octanol–water partition coefficient (Wildman–Crippen LogP) is 1.84. The molecule has 1 aromatic carbocycles. The summed E-state index contributed by atoms with van der Waals surface area (Å²) in [4.78, 5) is 31.1. The smallest absolute Gasteiger partial charge is 0.253 e. The molecule has 0 radical (unpaired) electrons. The first-order chi connectivity index (χ1) is 12.2. The fourth-order valence-corrected chi connectivity index (χ4v) is 3.59. The number of nitrogens with one attached hydrogen (secondary N) is 1. The molecule has 0 saturated carbocycles. The summed E-state index contributed by atoms with van der Waals surface area (Å²) >= 11 is 0. The number of hydrogen-bond acceptors (Lipinski definition) is 4. The van der Waals surface area contributed by atoms with Crippen molar-refractivity contribution in [2.45, 2.75) is 12.8 Å². The number of nitrogens with zero attached hydrogens (tertiary/aromatic N) is 3. The number of benzene rings is 1. The molecule has 25 heavy (non-hydrogen) atoms. The van der Waals surface area contributed by atoms with Crippen molar-refractivity contribution in [2.24, 2.45) is 10.5 Å². The van der Waals surface area contributed by atoms with Crippen molar-refractivity contribution in [3.05, 3.63) is 66.0 Å². The number of aromatic nitrogens is 1. The first-order valence-corrected chi connectivity index (χ1v) is 8.34. The SMILES string of the molecule is O=C(c1ccccc1)N1CCC2(CC1)C(=O)NN=C2c1cccnc1. The van der Waals surface area contributed by atoms with Crippen LogP contribution in [0.5, 0.6) is 0 Å². The third-order valence-electron chi connectivity index (χ3n) is 5.02. The molecule has 1 saturated heterocycles. The summed E-state index contributed by atoms with van der Waals surface area (Å²) in [5.41, 5.74) is 4.21. The lowest BCUT2D eigenvalue weighted by molar-refractivity contribution is -0.127. The van der Waals surface area contributed by atoms with Gasteiger partial charge in [0.25, 0.3) is 11.8 Å². The van der Waals surface area contributed by atoms with E-state index < -0.39 is 5.41 Å². The van der Waals surface area contributed by atoms with E-state index in [1.54, 1.807) is 12.4 Å². The quantitative estimate of drug-likeness (QED) is 0.910. The zero-order chi connectivity index (χ0) is 17.3. The second-order valence-corrected chi connectivity index (χ2v) is 6.38. The summed E-state index contributed by atoms with van der Waals surface area (Å²) in [7, 11) is 0. The van der Waals surface area contributed by atoms with Crippen molar-refractivity contribution in [2.75, 3.05) is 13.1 Å². The van der Waals surface area contributed by atoms with E-state index in [1.807, 2.05) is 47.4 Å². The van der Waals surface area contributed by atoms with Gasteiger partial charge in [0.1, 0.15) is 0 Å². The van der Waals surface area contributed by atoms with Crippen molar-refractivity contribution in [1.82, 2.24) is 15.3 Å². The van der Waals surface area contributed by atoms with Crippen LogP contribution in [0.4, 0.5) is 0 Å². The van der Waals surface area contributed by atoms with Crippen LogP contribution in [-0.4, -0.2) is 40.5 Å². The molecular formula is C19H18N4O2. The Bertz CT molecular complexity index is 825. The zero-order valence-corrected chi connectivity index (χ0v) is 13.7. The Morgan fingerprint density at radius 2 is 1.84 bits per heavy atom. The third kappa shape index (κ3) is 2.59. The van der Waals surface area contributed by atoms with Crippen LogP contribution in [0.15, 0.2) is 60.0 Å². The summed E-state index contributed by atoms with van der Waals surface area (Å²) < 4.78 is 0. The maximum Gasteiger partial charge on any atom is 0.253 e. The molecule has 2 aliphatic rings. The predicted molar refractivity (Wildman–Crippen MR) is 92.9 cm³/mol. The van der Waals surface area contributed by atoms with Crippen LogP contribution in [0.2, 0.25) is 0 Å². The van der Waals surface area contributed by atoms with Gasteiger partial charge in [-0.1, -0.05) is 18.2 Å². The van der Waals surface area contributed by atoms with Gasteiger partial charge in [0.05, 0.1) is 11.1 Å². The van der Waals surface area contributed by atoms with Crippen LogP contribution in [0.3, 0.4) is 0 Å². The Labute approximate surface area is 145 Å². The molecule has 0 aliphatic carbocycles. The molecule has 1 fully saturated rings. The molecule has 6 nitrogen and oxygen atoms in total. The first kappa shape index (κ1) is 15.5. The van der Waals surface area contributed by atoms with Crippen LogP contribution < -0.4 is 5.43 Å². The Hall–Kier alpha value is -3.02. The molecule has 1 spiro atoms. The van der Waals surface area contributed by atoms with Gasteiger partial charge < -0.3 is 4.90 Å². The molecule has 2 amide bonds. The van der Waals surface area contributed by atoms with Crippen molar-refractivity contribution < 1.29 is 9.59 Å². The van der Waals surface area contributed by atoms with Crippen LogP contribution >= 0.6 is 0 Å². The minimum absolute atomic E-state index is 0.00808. The third-order valence-corrected chi connectivity index (χ3v) is 5.02. The highest BCUT2D eigenvalue weighted by Crippen LogP contribution is 2.38. The lowest BCUT2D eigenvalue weighted by Gasteiger charge is -2.38. The average Bonchev–Trinajstić information content (AvgIpc) is 2.99. The van der Waals surface area contributed by atoms with Gasteiger partial charge in [-0.3, -0.25) is 14.6 Å². The molecule has 0 unspecified atom stereocenters. The van der Waals surface area contributed by atoms with Gasteiger partial charge in [0, 0.05) is 36.6 Å². The number of hydrogen-bond donors (Lipinski definition) is 1. The van der Waals surface area contributed by atoms with Gasteiger partial charge in [0.15, 0.2) is 0 Å². The summed E-state index contributed by atoms with van der Waals surface area (Å²) in [6, 6.07) is 13.0. The van der Waals surface area contributed by atoms with E-state index in [0.717, 1.165) is 11.3 Å². The van der Waals surface area contributed by atoms with Crippen molar-refractivity contribution in [3.8, 4) is 0 Å². The molecule has 0 atom stereocenters. The number of rotatable bonds is 2. The number of carbonyl (C=O) groups excluding carboxylic acids is 2. The molecule has 0 bridgehead atoms. The summed E-state index contributed by atoms with van der Waals surface area (Å²) in [6.07, 6.45) is 4.54. The van der Waals surface area contributed by atoms with Gasteiger partial charge in [0.2, 0.25) is 0 Å². The minimum atomic E-state index is -0.670. The minimum Gasteiger partial charge on any atom is -0.339 e. The van der Waals surface area contributed by atoms with Crippen LogP contribution in [0.1, 0.15) is 28.8 Å². The molecule has 1 N–H and O–H groups in total. The fraction of sp³-hybridized carbons (Fsp3) is 0.263. The normalized spacial score (nSPS) is 18.8. The topological polar surface area (TPSA) is 74.7 Å². The van der Waals surface area contributed by atoms with E-state index in [4.69, 9.17) is 0 Å². The number of piperidine rings is 1. The average molecular weight is 334 g/mol. The number of pyridine rings is 1. The van der Waals surface area contributed by atoms with Gasteiger partial charge in [-0.2, -0.15) is 5.10 Å². The van der Waals surface area contributed by atoms with E-state index in [0.29, 0.717) is 31.5 Å². The molecule has 6 heteroatoms. The number of likely N-dealkylation sites (tertiary alicyclic amines) is 1. The van der Waals surface area contributed by atoms with Crippen LogP contribution in [0, 0.1) is 5.41 Å². The Kier molecular flexibility index (Phi) is 3.80. The summed E-state index contributed by atoms with van der Waals surface area (Å²) in [5, 5.41) is 4.27.